The van der Waals surface area contributed by atoms with E-state index in [2.05, 4.69) is 72.4 Å². The molecule has 0 fully saturated rings. The van der Waals surface area contributed by atoms with Crippen LogP contribution in [0.5, 0.6) is 11.5 Å². The van der Waals surface area contributed by atoms with Crippen molar-refractivity contribution in [3.05, 3.63) is 263 Å². The van der Waals surface area contributed by atoms with Crippen LogP contribution in [-0.2, 0) is 65.0 Å². The standard InChI is InChI=1S/C18H19ClN2O3.C18H17F3N2O3.C18H17N3O2S2.C18H20N2O2/c19-16-3-5-17(6-4-16)24-10-9-21-8-7-13-11-14(18(22)20-23)1-2-15(13)12-21;19-18(20,21)26-16-3-1-2-12(8-16)10-23-7-6-13-9-14(17(24)22-25)4-5-15(13)11-23;22-17(20-23)13-3-4-14-9-21(6-5-12(14)8-13)10-15-11-25-18(19-15)16-2-1-7-24-16;1-13(14-5-3-2-4-6-14)20-10-9-15-11-16(18(21)19-22)7-8-17(15)12-20/h1-6,11,23H,7-10,12H2,(H,20,22);1-5,8-9,25H,6-7,10-11H2,(H,22,24);1-4,7-8,11,23H,5-6,9-10H2,(H,20,22);2-8,11,13,22H,9-10,12H2,1H3,(H,19,21). The van der Waals surface area contributed by atoms with E-state index < -0.39 is 30.0 Å². The first kappa shape index (κ1) is 70.9. The fraction of sp³-hybridized carbons (Fsp3) is 0.264. The highest BCUT2D eigenvalue weighted by Crippen LogP contribution is 2.32. The van der Waals surface area contributed by atoms with Crippen LogP contribution < -0.4 is 31.4 Å². The van der Waals surface area contributed by atoms with Gasteiger partial charge in [-0.3, -0.25) is 59.6 Å². The first-order valence-corrected chi connectivity index (χ1v) is 33.5. The SMILES string of the molecule is CC(c1ccccc1)N1CCc2cc(C(=O)NO)ccc2C1.O=C(NO)c1ccc2c(c1)CCN(CCOc1ccc(Cl)cc1)C2.O=C(NO)c1ccc2c(c1)CCN(Cc1cccc(OC(F)(F)F)c1)C2.O=C(NO)c1ccc2c(c1)CCN(Cc1csc(-c3cccs3)n1)C2. The smallest absolute Gasteiger partial charge is 0.492 e. The Morgan fingerprint density at radius 2 is 1.03 bits per heavy atom. The zero-order valence-electron chi connectivity index (χ0n) is 52.9. The number of thiophene rings is 1. The zero-order chi connectivity index (χ0) is 68.4. The summed E-state index contributed by atoms with van der Waals surface area (Å²) in [7, 11) is 0. The first-order valence-electron chi connectivity index (χ1n) is 31.3. The van der Waals surface area contributed by atoms with Gasteiger partial charge < -0.3 is 9.47 Å². The Morgan fingerprint density at radius 1 is 0.536 bits per heavy atom. The zero-order valence-corrected chi connectivity index (χ0v) is 55.3. The lowest BCUT2D eigenvalue weighted by Gasteiger charge is -2.34. The van der Waals surface area contributed by atoms with E-state index in [1.807, 2.05) is 78.9 Å². The van der Waals surface area contributed by atoms with Crippen LogP contribution in [0.3, 0.4) is 0 Å². The number of benzene rings is 7. The molecule has 0 saturated heterocycles. The van der Waals surface area contributed by atoms with E-state index in [9.17, 15) is 32.3 Å². The Bertz CT molecular complexity index is 4150. The molecule has 2 aromatic heterocycles. The van der Waals surface area contributed by atoms with Gasteiger partial charge in [0.15, 0.2) is 0 Å². The molecule has 4 aliphatic rings. The minimum atomic E-state index is -4.71. The second-order valence-electron chi connectivity index (χ2n) is 23.6. The van der Waals surface area contributed by atoms with Crippen molar-refractivity contribution in [3.8, 4) is 21.4 Å². The normalized spacial score (nSPS) is 14.7. The van der Waals surface area contributed by atoms with Gasteiger partial charge in [-0.1, -0.05) is 84.4 Å². The molecule has 506 valence electrons. The average Bonchev–Trinajstić information content (AvgIpc) is 0.892. The number of fused-ring (bicyclic) bond motifs is 4. The fourth-order valence-electron chi connectivity index (χ4n) is 12.0. The topological polar surface area (TPSA) is 242 Å². The van der Waals surface area contributed by atoms with Crippen LogP contribution in [-0.4, -0.2) is 115 Å². The van der Waals surface area contributed by atoms with E-state index in [1.54, 1.807) is 81.0 Å². The van der Waals surface area contributed by atoms with E-state index in [1.165, 1.54) is 56.5 Å². The molecule has 97 heavy (non-hydrogen) atoms. The van der Waals surface area contributed by atoms with Crippen LogP contribution in [0.15, 0.2) is 175 Å². The number of carbonyl (C=O) groups excluding carboxylic acids is 4. The number of hydrogen-bond donors (Lipinski definition) is 8. The Morgan fingerprint density at radius 3 is 1.54 bits per heavy atom. The number of rotatable bonds is 16. The van der Waals surface area contributed by atoms with Crippen LogP contribution >= 0.6 is 34.3 Å². The molecule has 4 amide bonds. The molecule has 1 atom stereocenters. The summed E-state index contributed by atoms with van der Waals surface area (Å²) < 4.78 is 46.7. The van der Waals surface area contributed by atoms with Crippen molar-refractivity contribution in [2.24, 2.45) is 0 Å². The van der Waals surface area contributed by atoms with E-state index in [0.717, 1.165) is 110 Å². The number of thiazole rings is 1. The van der Waals surface area contributed by atoms with Gasteiger partial charge in [-0.25, -0.2) is 26.9 Å². The van der Waals surface area contributed by atoms with Crippen molar-refractivity contribution in [3.63, 3.8) is 0 Å². The number of carbonyl (C=O) groups is 4. The van der Waals surface area contributed by atoms with Crippen molar-refractivity contribution in [1.29, 1.82) is 0 Å². The monoisotopic (exact) mass is 1380 g/mol. The summed E-state index contributed by atoms with van der Waals surface area (Å²) in [4.78, 5) is 61.2. The third-order valence-electron chi connectivity index (χ3n) is 17.1. The Balaban J connectivity index is 0.000000141. The predicted octanol–water partition coefficient (Wildman–Crippen LogP) is 12.6. The Labute approximate surface area is 572 Å². The number of halogens is 4. The summed E-state index contributed by atoms with van der Waals surface area (Å²) in [5.41, 5.74) is 21.0. The van der Waals surface area contributed by atoms with Gasteiger partial charge in [-0.05, 0) is 185 Å². The molecule has 6 heterocycles. The van der Waals surface area contributed by atoms with E-state index in [-0.39, 0.29) is 5.75 Å². The van der Waals surface area contributed by atoms with Crippen molar-refractivity contribution in [2.75, 3.05) is 39.3 Å². The number of hydroxylamine groups is 4. The molecule has 9 aromatic rings. The molecule has 0 spiro atoms. The molecule has 25 heteroatoms. The highest BCUT2D eigenvalue weighted by molar-refractivity contribution is 7.20. The minimum Gasteiger partial charge on any atom is -0.492 e. The van der Waals surface area contributed by atoms with Crippen LogP contribution in [0.2, 0.25) is 5.02 Å². The van der Waals surface area contributed by atoms with Gasteiger partial charge in [-0.15, -0.1) is 35.8 Å². The minimum absolute atomic E-state index is 0.230. The van der Waals surface area contributed by atoms with Crippen LogP contribution in [0.1, 0.15) is 116 Å². The molecular formula is C72H73ClF3N9O10S2. The van der Waals surface area contributed by atoms with Crippen LogP contribution in [0.4, 0.5) is 13.2 Å². The third-order valence-corrected chi connectivity index (χ3v) is 19.3. The highest BCUT2D eigenvalue weighted by Gasteiger charge is 2.31. The number of amides is 4. The molecule has 0 aliphatic carbocycles. The second kappa shape index (κ2) is 33.9. The summed E-state index contributed by atoms with van der Waals surface area (Å²) in [5.74, 6) is -1.37. The van der Waals surface area contributed by atoms with E-state index in [4.69, 9.17) is 42.2 Å². The van der Waals surface area contributed by atoms with E-state index >= 15 is 0 Å². The van der Waals surface area contributed by atoms with Crippen molar-refractivity contribution < 1.29 is 62.7 Å². The summed E-state index contributed by atoms with van der Waals surface area (Å²) in [6.07, 6.45) is -1.31. The van der Waals surface area contributed by atoms with Crippen molar-refractivity contribution in [1.82, 2.24) is 46.5 Å². The maximum absolute atomic E-state index is 12.3. The lowest BCUT2D eigenvalue weighted by molar-refractivity contribution is -0.274. The van der Waals surface area contributed by atoms with E-state index in [0.29, 0.717) is 66.0 Å². The molecule has 0 saturated carbocycles. The van der Waals surface area contributed by atoms with Crippen LogP contribution in [0.25, 0.3) is 9.88 Å². The van der Waals surface area contributed by atoms with Gasteiger partial charge in [0.25, 0.3) is 23.6 Å². The molecule has 4 aliphatic heterocycles. The molecular weight excluding hydrogens is 1310 g/mol. The van der Waals surface area contributed by atoms with Gasteiger partial charge in [0.05, 0.1) is 10.6 Å². The second-order valence-corrected chi connectivity index (χ2v) is 25.8. The number of ether oxygens (including phenoxy) is 2. The number of hydrogen-bond acceptors (Lipinski definition) is 17. The third kappa shape index (κ3) is 19.9. The largest absolute Gasteiger partial charge is 0.573 e. The maximum atomic E-state index is 12.3. The average molecular weight is 1380 g/mol. The van der Waals surface area contributed by atoms with Crippen molar-refractivity contribution >= 4 is 57.9 Å². The maximum Gasteiger partial charge on any atom is 0.573 e. The molecule has 7 aromatic carbocycles. The molecule has 13 rings (SSSR count). The van der Waals surface area contributed by atoms with Gasteiger partial charge in [-0.2, -0.15) is 0 Å². The summed E-state index contributed by atoms with van der Waals surface area (Å²) in [6.45, 7) is 11.7. The van der Waals surface area contributed by atoms with Crippen LogP contribution in [0, 0.1) is 0 Å². The van der Waals surface area contributed by atoms with Gasteiger partial charge in [0, 0.05) is 111 Å². The number of aromatic nitrogens is 1. The molecule has 8 N–H and O–H groups in total. The molecule has 1 unspecified atom stereocenters. The Kier molecular flexibility index (Phi) is 24.8. The summed E-state index contributed by atoms with van der Waals surface area (Å²) in [6, 6.07) is 50.3. The molecule has 0 radical (unpaired) electrons. The van der Waals surface area contributed by atoms with Gasteiger partial charge in [0.2, 0.25) is 0 Å². The quantitative estimate of drug-likeness (QED) is 0.0331. The van der Waals surface area contributed by atoms with Crippen molar-refractivity contribution in [2.45, 2.75) is 84.3 Å². The predicted molar refractivity (Wildman–Crippen MR) is 362 cm³/mol. The van der Waals surface area contributed by atoms with Gasteiger partial charge >= 0.3 is 6.36 Å². The molecule has 19 nitrogen and oxygen atoms in total. The Hall–Kier alpha value is -8.89. The summed E-state index contributed by atoms with van der Waals surface area (Å²) >= 11 is 9.26. The summed E-state index contributed by atoms with van der Waals surface area (Å²) in [5, 5.41) is 40.9. The number of alkyl halides is 3. The molecule has 0 bridgehead atoms. The first-order chi connectivity index (χ1) is 46.9. The lowest BCUT2D eigenvalue weighted by Crippen LogP contribution is -2.34. The fourth-order valence-corrected chi connectivity index (χ4v) is 13.8. The highest BCUT2D eigenvalue weighted by atomic mass is 35.5. The number of nitrogens with one attached hydrogen (secondary N) is 4. The lowest BCUT2D eigenvalue weighted by atomic mass is 9.95. The number of nitrogens with zero attached hydrogens (tertiary/aromatic N) is 5. The van der Waals surface area contributed by atoms with Gasteiger partial charge in [0.1, 0.15) is 23.1 Å².